The average Bonchev–Trinajstić information content (AvgIpc) is 3.34. The largest absolute Gasteiger partial charge is 0.396 e. The number of hydrogen-bond donors (Lipinski definition) is 1. The summed E-state index contributed by atoms with van der Waals surface area (Å²) in [4.78, 5) is 15.3. The molecule has 144 valence electrons. The lowest BCUT2D eigenvalue weighted by atomic mass is 9.72. The summed E-state index contributed by atoms with van der Waals surface area (Å²) < 4.78 is 1.93. The quantitative estimate of drug-likeness (QED) is 0.883. The molecule has 3 heterocycles. The first-order valence-corrected chi connectivity index (χ1v) is 10.0. The molecule has 2 aliphatic rings. The van der Waals surface area contributed by atoms with Crippen molar-refractivity contribution < 1.29 is 9.90 Å². The number of aliphatic hydroxyl groups excluding tert-OH is 1. The Hall–Kier alpha value is -2.14. The zero-order chi connectivity index (χ0) is 19.2. The second kappa shape index (κ2) is 6.79. The molecule has 2 fully saturated rings. The average molecular weight is 367 g/mol. The Balaban J connectivity index is 1.59. The first-order chi connectivity index (χ1) is 13.0. The summed E-state index contributed by atoms with van der Waals surface area (Å²) in [5, 5.41) is 14.7. The summed E-state index contributed by atoms with van der Waals surface area (Å²) in [5.41, 5.74) is 3.89. The number of carbonyl (C=O) groups excluding carboxylic acids is 1. The van der Waals surface area contributed by atoms with Crippen molar-refractivity contribution in [1.82, 2.24) is 14.7 Å². The van der Waals surface area contributed by atoms with Crippen molar-refractivity contribution in [2.75, 3.05) is 6.61 Å². The van der Waals surface area contributed by atoms with E-state index in [4.69, 9.17) is 0 Å². The Morgan fingerprint density at radius 1 is 1.26 bits per heavy atom. The maximum absolute atomic E-state index is 13.3. The number of para-hydroxylation sites is 1. The molecule has 1 aromatic heterocycles. The summed E-state index contributed by atoms with van der Waals surface area (Å²) in [6.07, 6.45) is 4.35. The second-order valence-corrected chi connectivity index (χ2v) is 8.20. The molecule has 2 saturated heterocycles. The van der Waals surface area contributed by atoms with Gasteiger partial charge in [0.2, 0.25) is 5.91 Å². The second-order valence-electron chi connectivity index (χ2n) is 8.20. The molecular formula is C22H29N3O2. The van der Waals surface area contributed by atoms with Gasteiger partial charge in [-0.25, -0.2) is 4.68 Å². The summed E-state index contributed by atoms with van der Waals surface area (Å²) in [7, 11) is 0. The number of carbonyl (C=O) groups is 1. The highest BCUT2D eigenvalue weighted by Gasteiger charge is 2.56. The smallest absolute Gasteiger partial charge is 0.227 e. The van der Waals surface area contributed by atoms with Gasteiger partial charge in [-0.05, 0) is 51.7 Å². The first kappa shape index (κ1) is 18.2. The topological polar surface area (TPSA) is 58.4 Å². The maximum Gasteiger partial charge on any atom is 0.227 e. The lowest BCUT2D eigenvalue weighted by molar-refractivity contribution is -0.132. The lowest BCUT2D eigenvalue weighted by Crippen LogP contribution is -2.43. The van der Waals surface area contributed by atoms with Crippen molar-refractivity contribution >= 4 is 5.91 Å². The van der Waals surface area contributed by atoms with Crippen molar-refractivity contribution in [2.45, 2.75) is 65.0 Å². The van der Waals surface area contributed by atoms with Crippen LogP contribution >= 0.6 is 0 Å². The lowest BCUT2D eigenvalue weighted by Gasteiger charge is -2.34. The fraction of sp³-hybridized carbons (Fsp3) is 0.545. The van der Waals surface area contributed by atoms with Crippen molar-refractivity contribution in [3.8, 4) is 5.69 Å². The molecule has 0 aliphatic carbocycles. The normalized spacial score (nSPS) is 26.7. The molecule has 0 spiro atoms. The maximum atomic E-state index is 13.3. The molecule has 3 atom stereocenters. The molecule has 5 heteroatoms. The molecule has 2 bridgehead atoms. The molecule has 1 N–H and O–H groups in total. The minimum atomic E-state index is -0.100. The number of aromatic nitrogens is 2. The van der Waals surface area contributed by atoms with Crippen molar-refractivity contribution in [1.29, 1.82) is 0 Å². The third kappa shape index (κ3) is 2.80. The number of hydrogen-bond acceptors (Lipinski definition) is 3. The Bertz CT molecular complexity index is 839. The zero-order valence-corrected chi connectivity index (χ0v) is 16.5. The predicted molar refractivity (Wildman–Crippen MR) is 105 cm³/mol. The van der Waals surface area contributed by atoms with Crippen molar-refractivity contribution in [3.05, 3.63) is 47.3 Å². The van der Waals surface area contributed by atoms with Gasteiger partial charge in [0.15, 0.2) is 0 Å². The van der Waals surface area contributed by atoms with Gasteiger partial charge in [0.1, 0.15) is 0 Å². The van der Waals surface area contributed by atoms with Gasteiger partial charge in [-0.15, -0.1) is 0 Å². The standard InChI is InChI=1S/C22H29N3O2/c1-4-22(14-26)13-18-10-11-20(22)24(18)21(27)12-19-15(2)23-25(16(19)3)17-8-6-5-7-9-17/h5-9,18,20,26H,4,10-14H2,1-3H3/t18-,20+,22-/m0/s1. The summed E-state index contributed by atoms with van der Waals surface area (Å²) in [6.45, 7) is 6.34. The van der Waals surface area contributed by atoms with E-state index in [9.17, 15) is 9.90 Å². The van der Waals surface area contributed by atoms with E-state index >= 15 is 0 Å². The van der Waals surface area contributed by atoms with Crippen LogP contribution in [0.25, 0.3) is 5.69 Å². The summed E-state index contributed by atoms with van der Waals surface area (Å²) in [5.74, 6) is 0.185. The van der Waals surface area contributed by atoms with Crippen LogP contribution in [0.15, 0.2) is 30.3 Å². The van der Waals surface area contributed by atoms with Gasteiger partial charge in [0, 0.05) is 28.8 Å². The Kier molecular flexibility index (Phi) is 4.58. The fourth-order valence-corrected chi connectivity index (χ4v) is 5.32. The monoisotopic (exact) mass is 367 g/mol. The number of rotatable bonds is 5. The zero-order valence-electron chi connectivity index (χ0n) is 16.5. The van der Waals surface area contributed by atoms with E-state index < -0.39 is 0 Å². The number of aliphatic hydroxyl groups is 1. The van der Waals surface area contributed by atoms with Crippen LogP contribution in [0.5, 0.6) is 0 Å². The molecule has 0 saturated carbocycles. The molecule has 2 aliphatic heterocycles. The van der Waals surface area contributed by atoms with E-state index in [1.165, 1.54) is 0 Å². The van der Waals surface area contributed by atoms with Crippen LogP contribution in [-0.2, 0) is 11.2 Å². The van der Waals surface area contributed by atoms with Gasteiger partial charge in [-0.1, -0.05) is 25.1 Å². The van der Waals surface area contributed by atoms with Crippen LogP contribution in [-0.4, -0.2) is 44.4 Å². The van der Waals surface area contributed by atoms with Crippen molar-refractivity contribution in [3.63, 3.8) is 0 Å². The molecule has 1 amide bonds. The van der Waals surface area contributed by atoms with Gasteiger partial charge in [0.25, 0.3) is 0 Å². The molecule has 0 unspecified atom stereocenters. The predicted octanol–water partition coefficient (Wildman–Crippen LogP) is 3.18. The molecule has 27 heavy (non-hydrogen) atoms. The molecule has 2 aromatic rings. The van der Waals surface area contributed by atoms with Crippen LogP contribution < -0.4 is 0 Å². The highest BCUT2D eigenvalue weighted by Crippen LogP contribution is 2.51. The summed E-state index contributed by atoms with van der Waals surface area (Å²) in [6, 6.07) is 10.5. The highest BCUT2D eigenvalue weighted by molar-refractivity contribution is 5.81. The number of aryl methyl sites for hydroxylation is 1. The number of nitrogens with zero attached hydrogens (tertiary/aromatic N) is 3. The molecule has 0 radical (unpaired) electrons. The van der Waals surface area contributed by atoms with Crippen LogP contribution in [0.3, 0.4) is 0 Å². The Morgan fingerprint density at radius 3 is 2.63 bits per heavy atom. The SMILES string of the molecule is CC[C@@]1(CO)C[C@@H]2CC[C@H]1N2C(=O)Cc1c(C)nn(-c2ccccc2)c1C. The van der Waals surface area contributed by atoms with E-state index in [0.29, 0.717) is 12.5 Å². The van der Waals surface area contributed by atoms with Gasteiger partial charge >= 0.3 is 0 Å². The number of benzene rings is 1. The first-order valence-electron chi connectivity index (χ1n) is 10.0. The molecular weight excluding hydrogens is 338 g/mol. The van der Waals surface area contributed by atoms with Crippen LogP contribution in [0.4, 0.5) is 0 Å². The minimum absolute atomic E-state index is 0.100. The van der Waals surface area contributed by atoms with Gasteiger partial charge in [-0.2, -0.15) is 5.10 Å². The highest BCUT2D eigenvalue weighted by atomic mass is 16.3. The molecule has 5 nitrogen and oxygen atoms in total. The third-order valence-electron chi connectivity index (χ3n) is 6.93. The molecule has 1 aromatic carbocycles. The minimum Gasteiger partial charge on any atom is -0.396 e. The van der Waals surface area contributed by atoms with Gasteiger partial charge < -0.3 is 10.0 Å². The van der Waals surface area contributed by atoms with E-state index in [1.807, 2.05) is 48.9 Å². The van der Waals surface area contributed by atoms with E-state index in [1.54, 1.807) is 0 Å². The summed E-state index contributed by atoms with van der Waals surface area (Å²) >= 11 is 0. The van der Waals surface area contributed by atoms with Gasteiger partial charge in [-0.3, -0.25) is 4.79 Å². The molecule has 4 rings (SSSR count). The van der Waals surface area contributed by atoms with Crippen molar-refractivity contribution in [2.24, 2.45) is 5.41 Å². The number of amides is 1. The fourth-order valence-electron chi connectivity index (χ4n) is 5.32. The van der Waals surface area contributed by atoms with E-state index in [2.05, 4.69) is 16.9 Å². The van der Waals surface area contributed by atoms with E-state index in [-0.39, 0.29) is 24.0 Å². The van der Waals surface area contributed by atoms with E-state index in [0.717, 1.165) is 48.3 Å². The number of fused-ring (bicyclic) bond motifs is 2. The van der Waals surface area contributed by atoms with Crippen LogP contribution in [0.1, 0.15) is 49.6 Å². The van der Waals surface area contributed by atoms with Crippen LogP contribution in [0, 0.1) is 19.3 Å². The third-order valence-corrected chi connectivity index (χ3v) is 6.93. The Labute approximate surface area is 161 Å². The van der Waals surface area contributed by atoms with Gasteiger partial charge in [0.05, 0.1) is 24.4 Å². The Morgan fingerprint density at radius 2 is 2.00 bits per heavy atom. The van der Waals surface area contributed by atoms with Crippen LogP contribution in [0.2, 0.25) is 0 Å².